The minimum atomic E-state index is -0.512. The third kappa shape index (κ3) is 3.66. The molecular weight excluding hydrogens is 343 g/mol. The van der Waals surface area contributed by atoms with Crippen LogP contribution >= 0.6 is 11.6 Å². The molecule has 0 unspecified atom stereocenters. The monoisotopic (exact) mass is 360 g/mol. The number of aryl methyl sites for hydroxylation is 1. The number of likely N-dealkylation sites (tertiary alicyclic amines) is 1. The molecule has 0 aliphatic carbocycles. The van der Waals surface area contributed by atoms with Gasteiger partial charge in [-0.1, -0.05) is 23.7 Å². The highest BCUT2D eigenvalue weighted by molar-refractivity contribution is 6.34. The maximum Gasteiger partial charge on any atom is 0.257 e. The molecule has 2 aromatic carbocycles. The minimum absolute atomic E-state index is 0.0255. The first-order valence-corrected chi connectivity index (χ1v) is 8.50. The van der Waals surface area contributed by atoms with Crippen molar-refractivity contribution in [2.75, 3.05) is 18.4 Å². The number of carbonyl (C=O) groups excluding carboxylic acids is 2. The number of nitrogens with zero attached hydrogens (tertiary/aromatic N) is 1. The van der Waals surface area contributed by atoms with E-state index in [1.54, 1.807) is 17.0 Å². The van der Waals surface area contributed by atoms with Gasteiger partial charge in [0.1, 0.15) is 5.82 Å². The molecule has 2 aromatic rings. The van der Waals surface area contributed by atoms with E-state index in [-0.39, 0.29) is 16.5 Å². The van der Waals surface area contributed by atoms with Crippen LogP contribution in [-0.2, 0) is 0 Å². The summed E-state index contributed by atoms with van der Waals surface area (Å²) in [5.41, 5.74) is 1.86. The van der Waals surface area contributed by atoms with E-state index in [4.69, 9.17) is 11.6 Å². The molecule has 0 spiro atoms. The first-order valence-electron chi connectivity index (χ1n) is 8.12. The zero-order valence-electron chi connectivity index (χ0n) is 13.8. The van der Waals surface area contributed by atoms with Crippen molar-refractivity contribution in [2.45, 2.75) is 19.8 Å². The van der Waals surface area contributed by atoms with Crippen molar-refractivity contribution >= 4 is 29.1 Å². The van der Waals surface area contributed by atoms with Gasteiger partial charge in [0.2, 0.25) is 0 Å². The number of carbonyl (C=O) groups is 2. The number of halogens is 2. The standard InChI is InChI=1S/C19H18ClFN2O2/c1-12-5-4-6-16(17(12)19(25)23-9-2-3-10-23)22-18(24)14-8-7-13(21)11-15(14)20/h4-8,11H,2-3,9-10H2,1H3,(H,22,24). The Kier molecular flexibility index (Phi) is 5.04. The van der Waals surface area contributed by atoms with Crippen molar-refractivity contribution in [1.29, 1.82) is 0 Å². The molecular formula is C19H18ClFN2O2. The number of benzene rings is 2. The predicted molar refractivity (Wildman–Crippen MR) is 95.7 cm³/mol. The van der Waals surface area contributed by atoms with Crippen LogP contribution in [0.4, 0.5) is 10.1 Å². The number of hydrogen-bond acceptors (Lipinski definition) is 2. The highest BCUT2D eigenvalue weighted by atomic mass is 35.5. The van der Waals surface area contributed by atoms with E-state index in [1.807, 2.05) is 13.0 Å². The minimum Gasteiger partial charge on any atom is -0.339 e. The smallest absolute Gasteiger partial charge is 0.257 e. The molecule has 0 bridgehead atoms. The average Bonchev–Trinajstić information content (AvgIpc) is 3.08. The van der Waals surface area contributed by atoms with Gasteiger partial charge in [-0.3, -0.25) is 9.59 Å². The Morgan fingerprint density at radius 2 is 1.88 bits per heavy atom. The maximum atomic E-state index is 13.2. The summed E-state index contributed by atoms with van der Waals surface area (Å²) in [4.78, 5) is 27.1. The number of rotatable bonds is 3. The highest BCUT2D eigenvalue weighted by Crippen LogP contribution is 2.25. The molecule has 2 amide bonds. The van der Waals surface area contributed by atoms with Crippen LogP contribution in [0.1, 0.15) is 39.1 Å². The fraction of sp³-hybridized carbons (Fsp3) is 0.263. The molecule has 3 rings (SSSR count). The van der Waals surface area contributed by atoms with Gasteiger partial charge in [0.05, 0.1) is 21.8 Å². The first-order chi connectivity index (χ1) is 12.0. The summed E-state index contributed by atoms with van der Waals surface area (Å²) in [7, 11) is 0. The van der Waals surface area contributed by atoms with Crippen molar-refractivity contribution in [1.82, 2.24) is 4.90 Å². The summed E-state index contributed by atoms with van der Waals surface area (Å²) in [6.45, 7) is 3.29. The Morgan fingerprint density at radius 1 is 1.16 bits per heavy atom. The molecule has 1 aliphatic heterocycles. The van der Waals surface area contributed by atoms with Crippen LogP contribution in [0.5, 0.6) is 0 Å². The Labute approximate surface area is 150 Å². The average molecular weight is 361 g/mol. The van der Waals surface area contributed by atoms with E-state index in [0.29, 0.717) is 11.3 Å². The van der Waals surface area contributed by atoms with Crippen LogP contribution in [-0.4, -0.2) is 29.8 Å². The zero-order valence-corrected chi connectivity index (χ0v) is 14.6. The summed E-state index contributed by atoms with van der Waals surface area (Å²) in [6, 6.07) is 8.88. The number of anilines is 1. The number of amides is 2. The zero-order chi connectivity index (χ0) is 18.0. The number of nitrogens with one attached hydrogen (secondary N) is 1. The van der Waals surface area contributed by atoms with Crippen molar-refractivity contribution in [3.63, 3.8) is 0 Å². The molecule has 1 aliphatic rings. The van der Waals surface area contributed by atoms with Crippen molar-refractivity contribution in [2.24, 2.45) is 0 Å². The summed E-state index contributed by atoms with van der Waals surface area (Å²) in [5, 5.41) is 2.76. The summed E-state index contributed by atoms with van der Waals surface area (Å²) >= 11 is 5.95. The van der Waals surface area contributed by atoms with Crippen LogP contribution in [0.2, 0.25) is 5.02 Å². The van der Waals surface area contributed by atoms with E-state index >= 15 is 0 Å². The predicted octanol–water partition coefficient (Wildman–Crippen LogP) is 4.28. The largest absolute Gasteiger partial charge is 0.339 e. The van der Waals surface area contributed by atoms with Gasteiger partial charge in [-0.25, -0.2) is 4.39 Å². The molecule has 1 heterocycles. The summed E-state index contributed by atoms with van der Waals surface area (Å²) in [6.07, 6.45) is 1.98. The van der Waals surface area contributed by atoms with Crippen molar-refractivity contribution < 1.29 is 14.0 Å². The maximum absolute atomic E-state index is 13.2. The topological polar surface area (TPSA) is 49.4 Å². The van der Waals surface area contributed by atoms with E-state index in [2.05, 4.69) is 5.32 Å². The van der Waals surface area contributed by atoms with Gasteiger partial charge in [-0.05, 0) is 49.6 Å². The fourth-order valence-electron chi connectivity index (χ4n) is 3.00. The number of hydrogen-bond donors (Lipinski definition) is 1. The third-order valence-corrected chi connectivity index (χ3v) is 4.62. The molecule has 0 aromatic heterocycles. The normalized spacial score (nSPS) is 13.8. The van der Waals surface area contributed by atoms with Crippen LogP contribution in [0.25, 0.3) is 0 Å². The molecule has 130 valence electrons. The Balaban J connectivity index is 1.91. The van der Waals surface area contributed by atoms with Gasteiger partial charge < -0.3 is 10.2 Å². The van der Waals surface area contributed by atoms with Gasteiger partial charge in [0, 0.05) is 13.1 Å². The lowest BCUT2D eigenvalue weighted by Gasteiger charge is -2.20. The van der Waals surface area contributed by atoms with Crippen LogP contribution in [0, 0.1) is 12.7 Å². The molecule has 1 N–H and O–H groups in total. The molecule has 6 heteroatoms. The van der Waals surface area contributed by atoms with Gasteiger partial charge in [-0.15, -0.1) is 0 Å². The summed E-state index contributed by atoms with van der Waals surface area (Å²) in [5.74, 6) is -1.08. The lowest BCUT2D eigenvalue weighted by atomic mass is 10.0. The SMILES string of the molecule is Cc1cccc(NC(=O)c2ccc(F)cc2Cl)c1C(=O)N1CCCC1. The first kappa shape index (κ1) is 17.4. The Bertz CT molecular complexity index is 832. The van der Waals surface area contributed by atoms with E-state index in [0.717, 1.165) is 37.6 Å². The highest BCUT2D eigenvalue weighted by Gasteiger charge is 2.24. The molecule has 1 fully saturated rings. The van der Waals surface area contributed by atoms with Gasteiger partial charge in [-0.2, -0.15) is 0 Å². The Hall–Kier alpha value is -2.40. The molecule has 0 atom stereocenters. The molecule has 1 saturated heterocycles. The van der Waals surface area contributed by atoms with E-state index in [9.17, 15) is 14.0 Å². The van der Waals surface area contributed by atoms with Gasteiger partial charge in [0.15, 0.2) is 0 Å². The second kappa shape index (κ2) is 7.23. The fourth-order valence-corrected chi connectivity index (χ4v) is 3.25. The second-order valence-corrected chi connectivity index (χ2v) is 6.48. The van der Waals surface area contributed by atoms with Crippen molar-refractivity contribution in [3.8, 4) is 0 Å². The lowest BCUT2D eigenvalue weighted by Crippen LogP contribution is -2.29. The van der Waals surface area contributed by atoms with Gasteiger partial charge >= 0.3 is 0 Å². The molecule has 25 heavy (non-hydrogen) atoms. The molecule has 0 radical (unpaired) electrons. The molecule has 0 saturated carbocycles. The van der Waals surface area contributed by atoms with Gasteiger partial charge in [0.25, 0.3) is 11.8 Å². The van der Waals surface area contributed by atoms with Crippen LogP contribution in [0.3, 0.4) is 0 Å². The lowest BCUT2D eigenvalue weighted by molar-refractivity contribution is 0.0793. The van der Waals surface area contributed by atoms with Crippen LogP contribution in [0.15, 0.2) is 36.4 Å². The quantitative estimate of drug-likeness (QED) is 0.888. The van der Waals surface area contributed by atoms with E-state index < -0.39 is 11.7 Å². The van der Waals surface area contributed by atoms with E-state index in [1.165, 1.54) is 12.1 Å². The van der Waals surface area contributed by atoms with Crippen LogP contribution < -0.4 is 5.32 Å². The molecule has 4 nitrogen and oxygen atoms in total. The van der Waals surface area contributed by atoms with Crippen molar-refractivity contribution in [3.05, 3.63) is 63.9 Å². The third-order valence-electron chi connectivity index (χ3n) is 4.30. The Morgan fingerprint density at radius 3 is 2.56 bits per heavy atom. The second-order valence-electron chi connectivity index (χ2n) is 6.08. The summed E-state index contributed by atoms with van der Waals surface area (Å²) < 4.78 is 13.2.